The fraction of sp³-hybridized carbons (Fsp3) is 0.312. The lowest BCUT2D eigenvalue weighted by molar-refractivity contribution is 0.0697. The first-order valence-corrected chi connectivity index (χ1v) is 7.18. The molecule has 0 saturated heterocycles. The van der Waals surface area contributed by atoms with Crippen LogP contribution in [0.2, 0.25) is 5.02 Å². The number of carbonyl (C=O) groups is 1. The van der Waals surface area contributed by atoms with Crippen molar-refractivity contribution in [2.24, 2.45) is 0 Å². The summed E-state index contributed by atoms with van der Waals surface area (Å²) in [6, 6.07) is 7.04. The Kier molecular flexibility index (Phi) is 3.30. The van der Waals surface area contributed by atoms with Crippen molar-refractivity contribution < 1.29 is 9.90 Å². The van der Waals surface area contributed by atoms with Gasteiger partial charge in [-0.2, -0.15) is 0 Å². The molecule has 104 valence electrons. The molecule has 2 aromatic rings. The van der Waals surface area contributed by atoms with E-state index < -0.39 is 5.97 Å². The van der Waals surface area contributed by atoms with E-state index >= 15 is 0 Å². The Labute approximate surface area is 122 Å². The number of fused-ring (bicyclic) bond motifs is 1. The summed E-state index contributed by atoms with van der Waals surface area (Å²) in [4.78, 5) is 11.4. The topological polar surface area (TPSA) is 42.2 Å². The van der Waals surface area contributed by atoms with E-state index in [-0.39, 0.29) is 0 Å². The zero-order chi connectivity index (χ0) is 14.3. The van der Waals surface area contributed by atoms with Crippen LogP contribution in [0.5, 0.6) is 0 Å². The molecule has 0 bridgehead atoms. The van der Waals surface area contributed by atoms with Gasteiger partial charge in [0.15, 0.2) is 0 Å². The van der Waals surface area contributed by atoms with Gasteiger partial charge in [-0.1, -0.05) is 11.6 Å². The summed E-state index contributed by atoms with van der Waals surface area (Å²) < 4.78 is 2.25. The molecular formula is C16H16ClNO2. The van der Waals surface area contributed by atoms with E-state index in [2.05, 4.69) is 17.6 Å². The third-order valence-electron chi connectivity index (χ3n) is 3.96. The fourth-order valence-corrected chi connectivity index (χ4v) is 3.18. The minimum absolute atomic E-state index is 0.306. The Balaban J connectivity index is 2.23. The average molecular weight is 290 g/mol. The molecule has 1 aromatic carbocycles. The molecule has 1 aromatic heterocycles. The number of halogens is 1. The summed E-state index contributed by atoms with van der Waals surface area (Å²) in [6.45, 7) is 3.04. The maximum Gasteiger partial charge on any atom is 0.336 e. The van der Waals surface area contributed by atoms with Crippen LogP contribution in [0.1, 0.15) is 34.5 Å². The summed E-state index contributed by atoms with van der Waals surface area (Å²) in [7, 11) is 0. The summed E-state index contributed by atoms with van der Waals surface area (Å²) in [5.74, 6) is -0.916. The van der Waals surface area contributed by atoms with Crippen LogP contribution in [0.25, 0.3) is 11.3 Å². The number of rotatable bonds is 2. The van der Waals surface area contributed by atoms with Gasteiger partial charge in [0, 0.05) is 28.5 Å². The Morgan fingerprint density at radius 1 is 1.30 bits per heavy atom. The summed E-state index contributed by atoms with van der Waals surface area (Å²) in [5.41, 5.74) is 4.54. The molecule has 1 aliphatic heterocycles. The lowest BCUT2D eigenvalue weighted by Gasteiger charge is -2.19. The summed E-state index contributed by atoms with van der Waals surface area (Å²) >= 11 is 6.06. The molecule has 3 nitrogen and oxygen atoms in total. The minimum Gasteiger partial charge on any atom is -0.478 e. The number of benzene rings is 1. The molecule has 2 heterocycles. The number of aromatic carboxylic acids is 1. The largest absolute Gasteiger partial charge is 0.478 e. The highest BCUT2D eigenvalue weighted by molar-refractivity contribution is 6.31. The number of aryl methyl sites for hydroxylation is 1. The van der Waals surface area contributed by atoms with Crippen LogP contribution in [0, 0.1) is 6.92 Å². The molecule has 0 aliphatic carbocycles. The lowest BCUT2D eigenvalue weighted by Crippen LogP contribution is -2.12. The summed E-state index contributed by atoms with van der Waals surface area (Å²) in [6.07, 6.45) is 3.40. The molecule has 0 atom stereocenters. The SMILES string of the molecule is Cc1cc(-c2cc(Cl)ccc2C(=O)O)n2c1CCCC2. The van der Waals surface area contributed by atoms with Gasteiger partial charge in [0.1, 0.15) is 0 Å². The zero-order valence-electron chi connectivity index (χ0n) is 11.3. The molecule has 1 aliphatic rings. The van der Waals surface area contributed by atoms with Crippen molar-refractivity contribution in [2.45, 2.75) is 32.7 Å². The second kappa shape index (κ2) is 4.98. The highest BCUT2D eigenvalue weighted by Crippen LogP contribution is 2.33. The number of hydrogen-bond donors (Lipinski definition) is 1. The fourth-order valence-electron chi connectivity index (χ4n) is 3.01. The average Bonchev–Trinajstić information content (AvgIpc) is 2.76. The van der Waals surface area contributed by atoms with Gasteiger partial charge >= 0.3 is 5.97 Å². The van der Waals surface area contributed by atoms with Crippen LogP contribution in [0.4, 0.5) is 0 Å². The van der Waals surface area contributed by atoms with Crippen LogP contribution in [0.15, 0.2) is 24.3 Å². The Morgan fingerprint density at radius 3 is 2.85 bits per heavy atom. The maximum atomic E-state index is 11.4. The van der Waals surface area contributed by atoms with Crippen LogP contribution in [-0.2, 0) is 13.0 Å². The molecule has 0 fully saturated rings. The number of hydrogen-bond acceptors (Lipinski definition) is 1. The molecule has 0 spiro atoms. The molecule has 0 radical (unpaired) electrons. The summed E-state index contributed by atoms with van der Waals surface area (Å²) in [5, 5.41) is 9.94. The van der Waals surface area contributed by atoms with Crippen LogP contribution in [-0.4, -0.2) is 15.6 Å². The molecule has 20 heavy (non-hydrogen) atoms. The highest BCUT2D eigenvalue weighted by atomic mass is 35.5. The number of carboxylic acids is 1. The predicted octanol–water partition coefficient (Wildman–Crippen LogP) is 4.15. The standard InChI is InChI=1S/C16H16ClNO2/c1-10-8-15(18-7-3-2-4-14(10)18)13-9-11(17)5-6-12(13)16(19)20/h5-6,8-9H,2-4,7H2,1H3,(H,19,20). The van der Waals surface area contributed by atoms with Crippen molar-refractivity contribution in [2.75, 3.05) is 0 Å². The first-order chi connectivity index (χ1) is 9.58. The molecule has 0 saturated carbocycles. The van der Waals surface area contributed by atoms with Gasteiger partial charge in [0.25, 0.3) is 0 Å². The van der Waals surface area contributed by atoms with Crippen molar-refractivity contribution >= 4 is 17.6 Å². The number of nitrogens with zero attached hydrogens (tertiary/aromatic N) is 1. The second-order valence-corrected chi connectivity index (χ2v) is 5.70. The van der Waals surface area contributed by atoms with Gasteiger partial charge in [-0.05, 0) is 56.0 Å². The van der Waals surface area contributed by atoms with E-state index in [1.807, 2.05) is 0 Å². The first-order valence-electron chi connectivity index (χ1n) is 6.80. The number of carboxylic acid groups (broad SMARTS) is 1. The van der Waals surface area contributed by atoms with Crippen LogP contribution in [0.3, 0.4) is 0 Å². The van der Waals surface area contributed by atoms with E-state index in [9.17, 15) is 9.90 Å². The predicted molar refractivity (Wildman–Crippen MR) is 79.5 cm³/mol. The third-order valence-corrected chi connectivity index (χ3v) is 4.19. The van der Waals surface area contributed by atoms with Crippen LogP contribution < -0.4 is 0 Å². The normalized spacial score (nSPS) is 14.1. The Hall–Kier alpha value is -1.74. The van der Waals surface area contributed by atoms with Gasteiger partial charge in [-0.3, -0.25) is 0 Å². The van der Waals surface area contributed by atoms with E-state index in [0.717, 1.165) is 25.1 Å². The molecule has 3 rings (SSSR count). The van der Waals surface area contributed by atoms with Crippen molar-refractivity contribution in [3.63, 3.8) is 0 Å². The Bertz CT molecular complexity index is 688. The van der Waals surface area contributed by atoms with Crippen molar-refractivity contribution in [1.82, 2.24) is 4.57 Å². The highest BCUT2D eigenvalue weighted by Gasteiger charge is 2.20. The minimum atomic E-state index is -0.916. The molecule has 0 unspecified atom stereocenters. The third kappa shape index (κ3) is 2.12. The zero-order valence-corrected chi connectivity index (χ0v) is 12.1. The van der Waals surface area contributed by atoms with Gasteiger partial charge < -0.3 is 9.67 Å². The molecule has 4 heteroatoms. The smallest absolute Gasteiger partial charge is 0.336 e. The van der Waals surface area contributed by atoms with Gasteiger partial charge in [-0.25, -0.2) is 4.79 Å². The quantitative estimate of drug-likeness (QED) is 0.902. The second-order valence-electron chi connectivity index (χ2n) is 5.26. The monoisotopic (exact) mass is 289 g/mol. The first kappa shape index (κ1) is 13.3. The van der Waals surface area contributed by atoms with Crippen LogP contribution >= 0.6 is 11.6 Å². The lowest BCUT2D eigenvalue weighted by atomic mass is 10.0. The van der Waals surface area contributed by atoms with E-state index in [1.54, 1.807) is 18.2 Å². The Morgan fingerprint density at radius 2 is 2.10 bits per heavy atom. The van der Waals surface area contributed by atoms with Crippen molar-refractivity contribution in [1.29, 1.82) is 0 Å². The maximum absolute atomic E-state index is 11.4. The molecular weight excluding hydrogens is 274 g/mol. The van der Waals surface area contributed by atoms with E-state index in [1.165, 1.54) is 17.7 Å². The van der Waals surface area contributed by atoms with Gasteiger partial charge in [0.05, 0.1) is 5.56 Å². The van der Waals surface area contributed by atoms with Crippen molar-refractivity contribution in [3.8, 4) is 11.3 Å². The van der Waals surface area contributed by atoms with Crippen molar-refractivity contribution in [3.05, 3.63) is 46.1 Å². The molecule has 0 amide bonds. The number of aromatic nitrogens is 1. The van der Waals surface area contributed by atoms with E-state index in [0.29, 0.717) is 16.1 Å². The van der Waals surface area contributed by atoms with Gasteiger partial charge in [0.2, 0.25) is 0 Å². The molecule has 1 N–H and O–H groups in total. The van der Waals surface area contributed by atoms with E-state index in [4.69, 9.17) is 11.6 Å². The van der Waals surface area contributed by atoms with Gasteiger partial charge in [-0.15, -0.1) is 0 Å².